The molecule has 1 aliphatic heterocycles. The van der Waals surface area contributed by atoms with Crippen LogP contribution in [0.3, 0.4) is 0 Å². The monoisotopic (exact) mass is 408 g/mol. The molecule has 0 saturated carbocycles. The Bertz CT molecular complexity index is 1390. The van der Waals surface area contributed by atoms with Crippen molar-refractivity contribution in [3.8, 4) is 21.6 Å². The average Bonchev–Trinajstić information content (AvgIpc) is 3.28. The van der Waals surface area contributed by atoms with E-state index in [1.54, 1.807) is 0 Å². The number of nitrogens with zero attached hydrogens (tertiary/aromatic N) is 3. The van der Waals surface area contributed by atoms with Crippen molar-refractivity contribution in [2.24, 2.45) is 10.7 Å². The van der Waals surface area contributed by atoms with Gasteiger partial charge in [-0.3, -0.25) is 9.79 Å². The van der Waals surface area contributed by atoms with Gasteiger partial charge in [0.1, 0.15) is 6.54 Å². The molecule has 0 unspecified atom stereocenters. The lowest BCUT2D eigenvalue weighted by molar-refractivity contribution is 0.1000. The maximum atomic E-state index is 12.2. The molecule has 6 heteroatoms. The van der Waals surface area contributed by atoms with Crippen LogP contribution in [0.5, 0.6) is 0 Å². The van der Waals surface area contributed by atoms with Crippen molar-refractivity contribution in [2.75, 3.05) is 13.1 Å². The number of aromatic nitrogens is 1. The molecule has 144 valence electrons. The summed E-state index contributed by atoms with van der Waals surface area (Å²) in [5.41, 5.74) is 11.4. The number of nitrogens with two attached hydrogens (primary N) is 1. The normalized spacial score (nSPS) is 13.1. The number of rotatable bonds is 3. The van der Waals surface area contributed by atoms with Gasteiger partial charge in [0.2, 0.25) is 5.69 Å². The maximum absolute atomic E-state index is 12.2. The molecule has 5 rings (SSSR count). The number of fused-ring (bicyclic) bond motifs is 2. The van der Waals surface area contributed by atoms with E-state index in [9.17, 15) is 4.79 Å². The van der Waals surface area contributed by atoms with E-state index in [1.807, 2.05) is 60.8 Å². The van der Waals surface area contributed by atoms with Gasteiger partial charge < -0.3 is 5.73 Å². The van der Waals surface area contributed by atoms with Crippen molar-refractivity contribution in [1.29, 1.82) is 0 Å². The zero-order valence-corrected chi connectivity index (χ0v) is 16.7. The predicted molar refractivity (Wildman–Crippen MR) is 122 cm³/mol. The minimum Gasteiger partial charge on any atom is -0.325 e. The van der Waals surface area contributed by atoms with Crippen LogP contribution in [0.15, 0.2) is 65.8 Å². The zero-order valence-electron chi connectivity index (χ0n) is 15.9. The molecule has 0 bridgehead atoms. The first-order chi connectivity index (χ1) is 14.7. The van der Waals surface area contributed by atoms with Gasteiger partial charge in [0, 0.05) is 35.0 Å². The third kappa shape index (κ3) is 2.84. The number of hydrogen-bond donors (Lipinski definition) is 1. The second kappa shape index (κ2) is 7.30. The summed E-state index contributed by atoms with van der Waals surface area (Å²) in [7, 11) is 0. The van der Waals surface area contributed by atoms with Gasteiger partial charge in [-0.2, -0.15) is 4.37 Å². The van der Waals surface area contributed by atoms with Gasteiger partial charge in [-0.15, -0.1) is 0 Å². The molecule has 0 saturated heterocycles. The second-order valence-corrected chi connectivity index (χ2v) is 7.82. The van der Waals surface area contributed by atoms with Gasteiger partial charge in [0.15, 0.2) is 5.78 Å². The number of hydrogen-bond acceptors (Lipinski definition) is 5. The van der Waals surface area contributed by atoms with E-state index in [1.165, 1.54) is 11.5 Å². The van der Waals surface area contributed by atoms with Gasteiger partial charge in [0.05, 0.1) is 17.2 Å². The van der Waals surface area contributed by atoms with Crippen molar-refractivity contribution in [1.82, 2.24) is 4.37 Å². The molecule has 1 aromatic heterocycles. The molecule has 3 aromatic carbocycles. The Kier molecular flexibility index (Phi) is 4.47. The summed E-state index contributed by atoms with van der Waals surface area (Å²) in [5.74, 6) is 0.00207. The molecule has 0 amide bonds. The third-order valence-electron chi connectivity index (χ3n) is 5.38. The van der Waals surface area contributed by atoms with E-state index in [0.717, 1.165) is 43.6 Å². The molecule has 4 aromatic rings. The Hall–Kier alpha value is -3.66. The number of benzene rings is 3. The SMILES string of the molecule is [C-]#[N+]c1c(-c2sncc2-c2ccc3c(c2)C(CN)=NCC3=O)ccc2ccccc12. The summed E-state index contributed by atoms with van der Waals surface area (Å²) in [6.45, 7) is 8.22. The largest absolute Gasteiger partial charge is 0.325 e. The second-order valence-electron chi connectivity index (χ2n) is 7.01. The molecule has 0 fully saturated rings. The Morgan fingerprint density at radius 2 is 1.87 bits per heavy atom. The van der Waals surface area contributed by atoms with Gasteiger partial charge in [0.25, 0.3) is 0 Å². The van der Waals surface area contributed by atoms with Crippen LogP contribution in [0, 0.1) is 6.57 Å². The highest BCUT2D eigenvalue weighted by atomic mass is 32.1. The number of Topliss-reactive ketones (excluding diaryl/α,β-unsaturated/α-hetero) is 1. The van der Waals surface area contributed by atoms with Crippen molar-refractivity contribution < 1.29 is 4.79 Å². The Labute approximate surface area is 177 Å². The van der Waals surface area contributed by atoms with Crippen LogP contribution < -0.4 is 5.73 Å². The van der Waals surface area contributed by atoms with Crippen molar-refractivity contribution in [3.05, 3.63) is 83.3 Å². The van der Waals surface area contributed by atoms with Gasteiger partial charge in [-0.05, 0) is 33.9 Å². The summed E-state index contributed by atoms with van der Waals surface area (Å²) in [6, 6.07) is 17.7. The topological polar surface area (TPSA) is 72.7 Å². The van der Waals surface area contributed by atoms with E-state index >= 15 is 0 Å². The quantitative estimate of drug-likeness (QED) is 0.478. The first-order valence-electron chi connectivity index (χ1n) is 9.47. The molecule has 0 radical (unpaired) electrons. The number of aliphatic imine (C=N–C) groups is 1. The summed E-state index contributed by atoms with van der Waals surface area (Å²) in [6.07, 6.45) is 1.81. The fraction of sp³-hybridized carbons (Fsp3) is 0.0833. The number of carbonyl (C=O) groups is 1. The fourth-order valence-corrected chi connectivity index (χ4v) is 4.70. The summed E-state index contributed by atoms with van der Waals surface area (Å²) < 4.78 is 4.41. The van der Waals surface area contributed by atoms with Crippen LogP contribution in [0.1, 0.15) is 15.9 Å². The third-order valence-corrected chi connectivity index (χ3v) is 6.21. The van der Waals surface area contributed by atoms with Crippen LogP contribution in [-0.2, 0) is 0 Å². The van der Waals surface area contributed by atoms with Crippen LogP contribution in [0.25, 0.3) is 37.2 Å². The van der Waals surface area contributed by atoms with E-state index in [4.69, 9.17) is 12.3 Å². The average molecular weight is 408 g/mol. The van der Waals surface area contributed by atoms with Crippen LogP contribution in [0.2, 0.25) is 0 Å². The lowest BCUT2D eigenvalue weighted by Crippen LogP contribution is -2.24. The van der Waals surface area contributed by atoms with Gasteiger partial charge >= 0.3 is 0 Å². The van der Waals surface area contributed by atoms with Crippen molar-refractivity contribution in [3.63, 3.8) is 0 Å². The summed E-state index contributed by atoms with van der Waals surface area (Å²) in [4.78, 5) is 21.3. The molecule has 2 heterocycles. The Morgan fingerprint density at radius 3 is 2.70 bits per heavy atom. The van der Waals surface area contributed by atoms with E-state index < -0.39 is 0 Å². The maximum Gasteiger partial charge on any atom is 0.203 e. The lowest BCUT2D eigenvalue weighted by atomic mass is 9.92. The molecule has 0 spiro atoms. The minimum absolute atomic E-state index is 0.00207. The predicted octanol–water partition coefficient (Wildman–Crippen LogP) is 5.13. The molecule has 5 nitrogen and oxygen atoms in total. The molecule has 0 aliphatic carbocycles. The standard InChI is InChI=1S/C24H16N4OS/c1-26-23-16-5-3-2-4-14(16)6-9-18(23)24-20(12-28-30-24)15-7-8-17-19(10-15)21(11-25)27-13-22(17)29/h2-10,12H,11,13,25H2. The zero-order chi connectivity index (χ0) is 20.7. The van der Waals surface area contributed by atoms with Crippen LogP contribution >= 0.6 is 11.5 Å². The van der Waals surface area contributed by atoms with Gasteiger partial charge in [-0.1, -0.05) is 48.5 Å². The molecule has 2 N–H and O–H groups in total. The van der Waals surface area contributed by atoms with Gasteiger partial charge in [-0.25, -0.2) is 4.85 Å². The number of ketones is 1. The summed E-state index contributed by atoms with van der Waals surface area (Å²) >= 11 is 1.36. The lowest BCUT2D eigenvalue weighted by Gasteiger charge is -2.16. The van der Waals surface area contributed by atoms with E-state index in [-0.39, 0.29) is 18.9 Å². The highest BCUT2D eigenvalue weighted by Crippen LogP contribution is 2.43. The van der Waals surface area contributed by atoms with E-state index in [0.29, 0.717) is 11.3 Å². The van der Waals surface area contributed by atoms with Crippen LogP contribution in [-0.4, -0.2) is 29.0 Å². The van der Waals surface area contributed by atoms with Crippen LogP contribution in [0.4, 0.5) is 5.69 Å². The molecular formula is C24H16N4OS. The first-order valence-corrected chi connectivity index (χ1v) is 10.2. The highest BCUT2D eigenvalue weighted by Gasteiger charge is 2.22. The Balaban J connectivity index is 1.69. The smallest absolute Gasteiger partial charge is 0.203 e. The highest BCUT2D eigenvalue weighted by molar-refractivity contribution is 7.10. The number of carbonyl (C=O) groups excluding carboxylic acids is 1. The van der Waals surface area contributed by atoms with Crippen molar-refractivity contribution in [2.45, 2.75) is 0 Å². The van der Waals surface area contributed by atoms with Crippen molar-refractivity contribution >= 4 is 39.5 Å². The van der Waals surface area contributed by atoms with E-state index in [2.05, 4.69) is 14.2 Å². The minimum atomic E-state index is 0.00207. The summed E-state index contributed by atoms with van der Waals surface area (Å²) in [5, 5.41) is 1.97. The Morgan fingerprint density at radius 1 is 1.03 bits per heavy atom. The first kappa shape index (κ1) is 18.4. The molecule has 30 heavy (non-hydrogen) atoms. The molecular weight excluding hydrogens is 392 g/mol. The fourth-order valence-electron chi connectivity index (χ4n) is 3.90. The molecule has 1 aliphatic rings. The molecule has 0 atom stereocenters.